The fraction of sp³-hybridized carbons (Fsp3) is 0.364. The second kappa shape index (κ2) is 10.9. The molecule has 0 bridgehead atoms. The number of hydrogen-bond acceptors (Lipinski definition) is 4. The number of rotatable bonds is 7. The first-order valence-corrected chi connectivity index (χ1v) is 9.51. The Hall–Kier alpha value is -2.44. The number of Topliss-reactive ketones (excluding diaryl/α,β-unsaturated/α-hetero) is 1. The molecular weight excluding hydrogens is 395 g/mol. The van der Waals surface area contributed by atoms with Crippen molar-refractivity contribution in [3.05, 3.63) is 65.5 Å². The predicted molar refractivity (Wildman–Crippen MR) is 112 cm³/mol. The van der Waals surface area contributed by atoms with Gasteiger partial charge in [-0.25, -0.2) is 4.39 Å². The Kier molecular flexibility index (Phi) is 8.61. The van der Waals surface area contributed by atoms with E-state index in [1.165, 1.54) is 12.1 Å². The number of ether oxygens (including phenoxy) is 1. The number of carbonyl (C=O) groups excluding carboxylic acids is 2. The van der Waals surface area contributed by atoms with Gasteiger partial charge in [0, 0.05) is 38.0 Å². The van der Waals surface area contributed by atoms with Crippen molar-refractivity contribution in [2.24, 2.45) is 0 Å². The third kappa shape index (κ3) is 6.02. The highest BCUT2D eigenvalue weighted by molar-refractivity contribution is 5.96. The average Bonchev–Trinajstić information content (AvgIpc) is 2.73. The number of methoxy groups -OCH3 is 1. The number of amides is 1. The molecule has 0 radical (unpaired) electrons. The first kappa shape index (κ1) is 22.8. The first-order chi connectivity index (χ1) is 13.6. The Morgan fingerprint density at radius 3 is 2.62 bits per heavy atom. The minimum atomic E-state index is -0.305. The third-order valence-electron chi connectivity index (χ3n) is 5.00. The van der Waals surface area contributed by atoms with Gasteiger partial charge in [-0.1, -0.05) is 12.1 Å². The molecule has 0 spiro atoms. The quantitative estimate of drug-likeness (QED) is 0.692. The van der Waals surface area contributed by atoms with Crippen LogP contribution in [0.25, 0.3) is 0 Å². The van der Waals surface area contributed by atoms with Crippen molar-refractivity contribution in [3.63, 3.8) is 0 Å². The van der Waals surface area contributed by atoms with Gasteiger partial charge in [0.25, 0.3) is 0 Å². The first-order valence-electron chi connectivity index (χ1n) is 9.51. The van der Waals surface area contributed by atoms with Crippen molar-refractivity contribution in [3.8, 4) is 5.75 Å². The summed E-state index contributed by atoms with van der Waals surface area (Å²) in [5.41, 5.74) is 1.41. The number of halogens is 2. The van der Waals surface area contributed by atoms with Crippen molar-refractivity contribution in [1.82, 2.24) is 10.2 Å². The minimum Gasteiger partial charge on any atom is -0.497 e. The van der Waals surface area contributed by atoms with Crippen LogP contribution in [0.1, 0.15) is 41.2 Å². The minimum absolute atomic E-state index is 0. The van der Waals surface area contributed by atoms with Crippen molar-refractivity contribution < 1.29 is 18.7 Å². The van der Waals surface area contributed by atoms with Crippen molar-refractivity contribution in [2.45, 2.75) is 25.3 Å². The van der Waals surface area contributed by atoms with E-state index < -0.39 is 0 Å². The Bertz CT molecular complexity index is 829. The fourth-order valence-electron chi connectivity index (χ4n) is 3.48. The highest BCUT2D eigenvalue weighted by Crippen LogP contribution is 2.24. The lowest BCUT2D eigenvalue weighted by Crippen LogP contribution is -2.48. The zero-order valence-corrected chi connectivity index (χ0v) is 17.2. The van der Waals surface area contributed by atoms with E-state index in [0.717, 1.165) is 5.56 Å². The summed E-state index contributed by atoms with van der Waals surface area (Å²) in [6.45, 7) is 1.88. The molecular formula is C22H26ClFN2O3. The highest BCUT2D eigenvalue weighted by atomic mass is 35.5. The summed E-state index contributed by atoms with van der Waals surface area (Å²) in [5, 5.41) is 3.26. The van der Waals surface area contributed by atoms with Crippen LogP contribution in [0, 0.1) is 5.82 Å². The number of benzene rings is 2. The summed E-state index contributed by atoms with van der Waals surface area (Å²) in [4.78, 5) is 26.8. The van der Waals surface area contributed by atoms with Crippen LogP contribution < -0.4 is 10.1 Å². The standard InChI is InChI=1S/C22H25FN2O3.ClH/c1-28-19-10-8-16(9-11-19)21(26)6-3-7-22(27)25-13-12-24-15-20(25)17-4-2-5-18(23)14-17;/h2,4-5,8-11,14,20,24H,3,6-7,12-13,15H2,1H3;1H. The number of hydrogen-bond donors (Lipinski definition) is 1. The van der Waals surface area contributed by atoms with E-state index in [4.69, 9.17) is 4.74 Å². The van der Waals surface area contributed by atoms with Gasteiger partial charge in [-0.3, -0.25) is 9.59 Å². The lowest BCUT2D eigenvalue weighted by atomic mass is 10.0. The van der Waals surface area contributed by atoms with Gasteiger partial charge in [-0.05, 0) is 48.4 Å². The molecule has 2 aromatic rings. The molecule has 29 heavy (non-hydrogen) atoms. The zero-order chi connectivity index (χ0) is 19.9. The summed E-state index contributed by atoms with van der Waals surface area (Å²) < 4.78 is 18.7. The molecule has 1 saturated heterocycles. The summed E-state index contributed by atoms with van der Waals surface area (Å²) in [5.74, 6) is 0.408. The smallest absolute Gasteiger partial charge is 0.223 e. The maximum Gasteiger partial charge on any atom is 0.223 e. The van der Waals surface area contributed by atoms with Crippen LogP contribution in [-0.4, -0.2) is 43.3 Å². The van der Waals surface area contributed by atoms with Crippen LogP contribution in [-0.2, 0) is 4.79 Å². The normalized spacial score (nSPS) is 16.1. The van der Waals surface area contributed by atoms with Gasteiger partial charge in [0.2, 0.25) is 5.91 Å². The molecule has 1 aliphatic heterocycles. The molecule has 1 heterocycles. The topological polar surface area (TPSA) is 58.6 Å². The summed E-state index contributed by atoms with van der Waals surface area (Å²) >= 11 is 0. The predicted octanol–water partition coefficient (Wildman–Crippen LogP) is 3.78. The molecule has 1 fully saturated rings. The molecule has 0 aromatic heterocycles. The molecule has 1 atom stereocenters. The van der Waals surface area contributed by atoms with Gasteiger partial charge in [-0.15, -0.1) is 12.4 Å². The maximum atomic E-state index is 13.6. The van der Waals surface area contributed by atoms with E-state index >= 15 is 0 Å². The van der Waals surface area contributed by atoms with Gasteiger partial charge in [-0.2, -0.15) is 0 Å². The lowest BCUT2D eigenvalue weighted by Gasteiger charge is -2.36. The molecule has 2 aromatic carbocycles. The Labute approximate surface area is 176 Å². The molecule has 1 unspecified atom stereocenters. The van der Waals surface area contributed by atoms with Gasteiger partial charge < -0.3 is 15.0 Å². The molecule has 1 N–H and O–H groups in total. The van der Waals surface area contributed by atoms with Crippen LogP contribution in [0.15, 0.2) is 48.5 Å². The number of carbonyl (C=O) groups is 2. The van der Waals surface area contributed by atoms with Crippen LogP contribution in [0.5, 0.6) is 5.75 Å². The zero-order valence-electron chi connectivity index (χ0n) is 16.4. The lowest BCUT2D eigenvalue weighted by molar-refractivity contribution is -0.134. The van der Waals surface area contributed by atoms with E-state index in [1.54, 1.807) is 42.3 Å². The van der Waals surface area contributed by atoms with Crippen LogP contribution in [0.2, 0.25) is 0 Å². The number of ketones is 1. The second-order valence-corrected chi connectivity index (χ2v) is 6.87. The maximum absolute atomic E-state index is 13.6. The molecule has 0 saturated carbocycles. The summed E-state index contributed by atoms with van der Waals surface area (Å²) in [6.07, 6.45) is 1.10. The molecule has 5 nitrogen and oxygen atoms in total. The monoisotopic (exact) mass is 420 g/mol. The van der Waals surface area contributed by atoms with Crippen LogP contribution in [0.3, 0.4) is 0 Å². The van der Waals surface area contributed by atoms with Crippen molar-refractivity contribution >= 4 is 24.1 Å². The number of nitrogens with zero attached hydrogens (tertiary/aromatic N) is 1. The van der Waals surface area contributed by atoms with Crippen LogP contribution in [0.4, 0.5) is 4.39 Å². The number of nitrogens with one attached hydrogen (secondary N) is 1. The van der Waals surface area contributed by atoms with Gasteiger partial charge in [0.1, 0.15) is 11.6 Å². The van der Waals surface area contributed by atoms with Gasteiger partial charge >= 0.3 is 0 Å². The third-order valence-corrected chi connectivity index (χ3v) is 5.00. The molecule has 156 valence electrons. The molecule has 1 aliphatic rings. The molecule has 0 aliphatic carbocycles. The molecule has 3 rings (SSSR count). The average molecular weight is 421 g/mol. The van der Waals surface area contributed by atoms with E-state index in [-0.39, 0.29) is 36.0 Å². The van der Waals surface area contributed by atoms with Crippen LogP contribution >= 0.6 is 12.4 Å². The Balaban J connectivity index is 0.00000300. The Morgan fingerprint density at radius 1 is 1.17 bits per heavy atom. The molecule has 1 amide bonds. The van der Waals surface area contributed by atoms with Crippen molar-refractivity contribution in [2.75, 3.05) is 26.7 Å². The largest absolute Gasteiger partial charge is 0.497 e. The summed E-state index contributed by atoms with van der Waals surface area (Å²) in [7, 11) is 1.58. The second-order valence-electron chi connectivity index (χ2n) is 6.87. The van der Waals surface area contributed by atoms with Crippen molar-refractivity contribution in [1.29, 1.82) is 0 Å². The van der Waals surface area contributed by atoms with E-state index in [1.807, 2.05) is 6.07 Å². The SMILES string of the molecule is COc1ccc(C(=O)CCCC(=O)N2CCNCC2c2cccc(F)c2)cc1.Cl. The molecule has 7 heteroatoms. The van der Waals surface area contributed by atoms with E-state index in [0.29, 0.717) is 50.2 Å². The van der Waals surface area contributed by atoms with E-state index in [2.05, 4.69) is 5.32 Å². The highest BCUT2D eigenvalue weighted by Gasteiger charge is 2.27. The fourth-order valence-corrected chi connectivity index (χ4v) is 3.48. The number of piperazine rings is 1. The van der Waals surface area contributed by atoms with E-state index in [9.17, 15) is 14.0 Å². The van der Waals surface area contributed by atoms with Gasteiger partial charge in [0.15, 0.2) is 5.78 Å². The van der Waals surface area contributed by atoms with Gasteiger partial charge in [0.05, 0.1) is 13.2 Å². The summed E-state index contributed by atoms with van der Waals surface area (Å²) in [6, 6.07) is 13.2. The Morgan fingerprint density at radius 2 is 1.93 bits per heavy atom.